The predicted octanol–water partition coefficient (Wildman–Crippen LogP) is 4.28. The third-order valence-corrected chi connectivity index (χ3v) is 2.79. The first-order valence-corrected chi connectivity index (χ1v) is 6.32. The van der Waals surface area contributed by atoms with Gasteiger partial charge in [0.15, 0.2) is 0 Å². The molecule has 0 saturated heterocycles. The third kappa shape index (κ3) is 5.22. The van der Waals surface area contributed by atoms with Crippen LogP contribution in [0.5, 0.6) is 5.88 Å². The second-order valence-electron chi connectivity index (χ2n) is 4.52. The van der Waals surface area contributed by atoms with E-state index in [4.69, 9.17) is 16.3 Å². The Kier molecular flexibility index (Phi) is 5.40. The van der Waals surface area contributed by atoms with Crippen molar-refractivity contribution in [2.45, 2.75) is 45.7 Å². The van der Waals surface area contributed by atoms with Gasteiger partial charge in [-0.1, -0.05) is 25.4 Å². The summed E-state index contributed by atoms with van der Waals surface area (Å²) in [5.41, 5.74) is 0.540. The van der Waals surface area contributed by atoms with E-state index in [2.05, 4.69) is 9.97 Å². The van der Waals surface area contributed by atoms with Crippen molar-refractivity contribution in [3.8, 4) is 5.88 Å². The fraction of sp³-hybridized carbons (Fsp3) is 0.667. The van der Waals surface area contributed by atoms with Gasteiger partial charge in [0.1, 0.15) is 11.0 Å². The van der Waals surface area contributed by atoms with Crippen LogP contribution in [0.2, 0.25) is 5.15 Å². The second-order valence-corrected chi connectivity index (χ2v) is 4.88. The van der Waals surface area contributed by atoms with Crippen LogP contribution >= 0.6 is 11.6 Å². The molecule has 0 aliphatic heterocycles. The van der Waals surface area contributed by atoms with Gasteiger partial charge in [-0.25, -0.2) is 4.98 Å². The number of nitrogens with zero attached hydrogens (tertiary/aromatic N) is 2. The molecule has 1 aromatic heterocycles. The van der Waals surface area contributed by atoms with Crippen molar-refractivity contribution in [3.05, 3.63) is 16.5 Å². The van der Waals surface area contributed by atoms with E-state index in [1.807, 2.05) is 13.8 Å². The summed E-state index contributed by atoms with van der Waals surface area (Å²) in [5.74, 6) is 0.836. The Morgan fingerprint density at radius 1 is 1.26 bits per heavy atom. The molecule has 0 fully saturated rings. The van der Waals surface area contributed by atoms with Gasteiger partial charge >= 0.3 is 6.18 Å². The van der Waals surface area contributed by atoms with Crippen molar-refractivity contribution in [1.82, 2.24) is 9.97 Å². The highest BCUT2D eigenvalue weighted by atomic mass is 35.5. The van der Waals surface area contributed by atoms with Crippen LogP contribution in [-0.4, -0.2) is 22.8 Å². The molecule has 0 atom stereocenters. The topological polar surface area (TPSA) is 35.0 Å². The molecule has 0 unspecified atom stereocenters. The van der Waals surface area contributed by atoms with Gasteiger partial charge in [0.25, 0.3) is 0 Å². The van der Waals surface area contributed by atoms with Crippen LogP contribution in [-0.2, 0) is 0 Å². The average Bonchev–Trinajstić information content (AvgIpc) is 2.27. The van der Waals surface area contributed by atoms with E-state index in [9.17, 15) is 13.2 Å². The predicted molar refractivity (Wildman–Crippen MR) is 66.7 cm³/mol. The fourth-order valence-corrected chi connectivity index (χ4v) is 1.49. The van der Waals surface area contributed by atoms with Crippen molar-refractivity contribution < 1.29 is 17.9 Å². The lowest BCUT2D eigenvalue weighted by Crippen LogP contribution is -2.11. The Bertz CT molecular complexity index is 436. The van der Waals surface area contributed by atoms with Gasteiger partial charge in [-0.3, -0.25) is 0 Å². The van der Waals surface area contributed by atoms with Crippen LogP contribution in [0.1, 0.15) is 44.0 Å². The monoisotopic (exact) mass is 296 g/mol. The van der Waals surface area contributed by atoms with E-state index >= 15 is 0 Å². The maximum atomic E-state index is 12.0. The molecule has 0 aliphatic carbocycles. The molecule has 0 amide bonds. The smallest absolute Gasteiger partial charge is 0.389 e. The molecular weight excluding hydrogens is 281 g/mol. The van der Waals surface area contributed by atoms with Crippen molar-refractivity contribution >= 4 is 11.6 Å². The minimum Gasteiger partial charge on any atom is -0.477 e. The second kappa shape index (κ2) is 6.41. The minimum absolute atomic E-state index is 0.0504. The van der Waals surface area contributed by atoms with Gasteiger partial charge in [-0.05, 0) is 13.3 Å². The summed E-state index contributed by atoms with van der Waals surface area (Å²) >= 11 is 5.94. The fourth-order valence-electron chi connectivity index (χ4n) is 1.33. The third-order valence-electron chi connectivity index (χ3n) is 2.42. The highest BCUT2D eigenvalue weighted by molar-refractivity contribution is 6.30. The van der Waals surface area contributed by atoms with Crippen LogP contribution in [0, 0.1) is 6.92 Å². The van der Waals surface area contributed by atoms with Gasteiger partial charge in [0.05, 0.1) is 6.61 Å². The summed E-state index contributed by atoms with van der Waals surface area (Å²) in [4.78, 5) is 8.26. The first-order chi connectivity index (χ1) is 8.70. The van der Waals surface area contributed by atoms with Gasteiger partial charge in [0, 0.05) is 17.9 Å². The first-order valence-electron chi connectivity index (χ1n) is 5.94. The zero-order chi connectivity index (χ0) is 14.6. The highest BCUT2D eigenvalue weighted by Gasteiger charge is 2.26. The molecule has 0 radical (unpaired) electrons. The van der Waals surface area contributed by atoms with E-state index in [0.29, 0.717) is 11.4 Å². The van der Waals surface area contributed by atoms with Crippen molar-refractivity contribution in [3.63, 3.8) is 0 Å². The number of hydrogen-bond donors (Lipinski definition) is 0. The molecule has 7 heteroatoms. The molecule has 19 heavy (non-hydrogen) atoms. The summed E-state index contributed by atoms with van der Waals surface area (Å²) < 4.78 is 41.2. The van der Waals surface area contributed by atoms with Gasteiger partial charge < -0.3 is 4.74 Å². The molecule has 0 aromatic carbocycles. The lowest BCUT2D eigenvalue weighted by atomic mass is 10.2. The summed E-state index contributed by atoms with van der Waals surface area (Å²) in [6.45, 7) is 5.42. The number of hydrogen-bond acceptors (Lipinski definition) is 3. The average molecular weight is 297 g/mol. The summed E-state index contributed by atoms with van der Waals surface area (Å²) in [6.07, 6.45) is -5.14. The molecule has 1 heterocycles. The summed E-state index contributed by atoms with van der Waals surface area (Å²) in [7, 11) is 0. The molecule has 0 spiro atoms. The van der Waals surface area contributed by atoms with Crippen LogP contribution in [0.3, 0.4) is 0 Å². The molecule has 0 aliphatic rings. The number of ether oxygens (including phenoxy) is 1. The Balaban J connectivity index is 2.67. The van der Waals surface area contributed by atoms with Gasteiger partial charge in [-0.2, -0.15) is 18.2 Å². The quantitative estimate of drug-likeness (QED) is 0.601. The van der Waals surface area contributed by atoms with Crippen molar-refractivity contribution in [2.24, 2.45) is 0 Å². The van der Waals surface area contributed by atoms with E-state index in [1.165, 1.54) is 0 Å². The van der Waals surface area contributed by atoms with Crippen molar-refractivity contribution in [1.29, 1.82) is 0 Å². The normalized spacial score (nSPS) is 12.0. The largest absolute Gasteiger partial charge is 0.477 e. The Morgan fingerprint density at radius 2 is 1.89 bits per heavy atom. The zero-order valence-electron chi connectivity index (χ0n) is 11.0. The Hall–Kier alpha value is -1.04. The van der Waals surface area contributed by atoms with Crippen molar-refractivity contribution in [2.75, 3.05) is 6.61 Å². The molecule has 108 valence electrons. The number of rotatable bonds is 5. The van der Waals surface area contributed by atoms with E-state index in [-0.39, 0.29) is 30.0 Å². The lowest BCUT2D eigenvalue weighted by molar-refractivity contribution is -0.136. The molecule has 3 nitrogen and oxygen atoms in total. The van der Waals surface area contributed by atoms with E-state index < -0.39 is 12.6 Å². The summed E-state index contributed by atoms with van der Waals surface area (Å²) in [5, 5.41) is 0.268. The van der Waals surface area contributed by atoms with Crippen LogP contribution in [0.4, 0.5) is 13.2 Å². The zero-order valence-corrected chi connectivity index (χ0v) is 11.8. The summed E-state index contributed by atoms with van der Waals surface area (Å²) in [6, 6.07) is 0. The molecule has 0 bridgehead atoms. The van der Waals surface area contributed by atoms with E-state index in [0.717, 1.165) is 0 Å². The molecule has 1 aromatic rings. The van der Waals surface area contributed by atoms with Crippen LogP contribution in [0.15, 0.2) is 0 Å². The standard InChI is InChI=1S/C12H16ClF3N2O/c1-7(2)10-17-9(13)8(3)11(18-10)19-6-4-5-12(14,15)16/h7H,4-6H2,1-3H3. The molecule has 0 saturated carbocycles. The van der Waals surface area contributed by atoms with Crippen LogP contribution < -0.4 is 4.74 Å². The Morgan fingerprint density at radius 3 is 2.42 bits per heavy atom. The molecular formula is C12H16ClF3N2O. The SMILES string of the molecule is Cc1c(Cl)nc(C(C)C)nc1OCCCC(F)(F)F. The maximum absolute atomic E-state index is 12.0. The van der Waals surface area contributed by atoms with Crippen LogP contribution in [0.25, 0.3) is 0 Å². The number of halogens is 4. The number of alkyl halides is 3. The lowest BCUT2D eigenvalue weighted by Gasteiger charge is -2.12. The minimum atomic E-state index is -4.16. The first kappa shape index (κ1) is 16.0. The number of aromatic nitrogens is 2. The van der Waals surface area contributed by atoms with E-state index in [1.54, 1.807) is 6.92 Å². The molecule has 1 rings (SSSR count). The van der Waals surface area contributed by atoms with Gasteiger partial charge in [-0.15, -0.1) is 0 Å². The highest BCUT2D eigenvalue weighted by Crippen LogP contribution is 2.25. The Labute approximate surface area is 115 Å². The van der Waals surface area contributed by atoms with Gasteiger partial charge in [0.2, 0.25) is 5.88 Å². The molecule has 0 N–H and O–H groups in total. The maximum Gasteiger partial charge on any atom is 0.389 e.